The van der Waals surface area contributed by atoms with Gasteiger partial charge in [-0.1, -0.05) is 31.4 Å². The van der Waals surface area contributed by atoms with Crippen LogP contribution in [0.25, 0.3) is 0 Å². The number of benzene rings is 2. The normalized spacial score (nSPS) is 19.2. The summed E-state index contributed by atoms with van der Waals surface area (Å²) in [6.07, 6.45) is 4.23. The van der Waals surface area contributed by atoms with Gasteiger partial charge in [0.25, 0.3) is 5.91 Å². The minimum absolute atomic E-state index is 0.0479. The topological polar surface area (TPSA) is 92.3 Å². The first kappa shape index (κ1) is 22.3. The Morgan fingerprint density at radius 2 is 1.70 bits per heavy atom. The number of hydrogen-bond acceptors (Lipinski definition) is 4. The molecule has 3 rings (SSSR count). The highest BCUT2D eigenvalue weighted by Crippen LogP contribution is 2.30. The molecule has 0 spiro atoms. The zero-order valence-corrected chi connectivity index (χ0v) is 18.5. The average molecular weight is 449 g/mol. The van der Waals surface area contributed by atoms with Gasteiger partial charge in [-0.25, -0.2) is 8.42 Å². The van der Waals surface area contributed by atoms with Crippen LogP contribution in [0.2, 0.25) is 5.02 Å². The molecule has 6 nitrogen and oxygen atoms in total. The maximum atomic E-state index is 13.1. The molecule has 2 amide bonds. The Morgan fingerprint density at radius 3 is 2.33 bits per heavy atom. The van der Waals surface area contributed by atoms with E-state index in [0.717, 1.165) is 25.7 Å². The first-order valence-corrected chi connectivity index (χ1v) is 11.8. The molecule has 0 aromatic heterocycles. The standard InChI is InChI=1S/C22H25ClN2O4S/c1-14-5-3-4-6-19(14)25-22(27)16-7-12-21(20(13-16)24-15(2)26)30(28,29)18-10-8-17(23)9-11-18/h7-14,19H,3-6H2,1-2H3,(H,24,26)(H,25,27)/t14-,19-/m0/s1. The molecule has 30 heavy (non-hydrogen) atoms. The lowest BCUT2D eigenvalue weighted by Gasteiger charge is -2.29. The fourth-order valence-electron chi connectivity index (χ4n) is 3.72. The molecule has 0 heterocycles. The van der Waals surface area contributed by atoms with E-state index in [1.807, 2.05) is 0 Å². The Morgan fingerprint density at radius 1 is 1.03 bits per heavy atom. The fourth-order valence-corrected chi connectivity index (χ4v) is 5.24. The Kier molecular flexibility index (Phi) is 6.83. The van der Waals surface area contributed by atoms with Crippen LogP contribution in [0.15, 0.2) is 52.3 Å². The number of amides is 2. The van der Waals surface area contributed by atoms with Crippen LogP contribution in [-0.2, 0) is 14.6 Å². The molecule has 2 N–H and O–H groups in total. The molecule has 2 aromatic carbocycles. The average Bonchev–Trinajstić information content (AvgIpc) is 2.69. The van der Waals surface area contributed by atoms with Crippen molar-refractivity contribution >= 4 is 38.9 Å². The maximum absolute atomic E-state index is 13.1. The van der Waals surface area contributed by atoms with Gasteiger partial charge in [0.2, 0.25) is 15.7 Å². The maximum Gasteiger partial charge on any atom is 0.251 e. The first-order chi connectivity index (χ1) is 14.2. The van der Waals surface area contributed by atoms with Gasteiger partial charge in [0, 0.05) is 23.6 Å². The third kappa shape index (κ3) is 5.02. The van der Waals surface area contributed by atoms with E-state index in [0.29, 0.717) is 16.5 Å². The number of anilines is 1. The van der Waals surface area contributed by atoms with Crippen molar-refractivity contribution in [1.82, 2.24) is 5.32 Å². The van der Waals surface area contributed by atoms with Crippen molar-refractivity contribution in [2.24, 2.45) is 5.92 Å². The second-order valence-electron chi connectivity index (χ2n) is 7.69. The van der Waals surface area contributed by atoms with Gasteiger partial charge in [0.05, 0.1) is 15.5 Å². The smallest absolute Gasteiger partial charge is 0.251 e. The molecule has 0 aliphatic heterocycles. The molecular formula is C22H25ClN2O4S. The molecular weight excluding hydrogens is 424 g/mol. The Labute approximate surface area is 181 Å². The van der Waals surface area contributed by atoms with Gasteiger partial charge < -0.3 is 10.6 Å². The van der Waals surface area contributed by atoms with E-state index in [4.69, 9.17) is 11.6 Å². The minimum atomic E-state index is -3.92. The van der Waals surface area contributed by atoms with Gasteiger partial charge in [0.15, 0.2) is 0 Å². The van der Waals surface area contributed by atoms with Crippen LogP contribution in [-0.4, -0.2) is 26.3 Å². The van der Waals surface area contributed by atoms with E-state index >= 15 is 0 Å². The molecule has 1 fully saturated rings. The molecule has 0 radical (unpaired) electrons. The van der Waals surface area contributed by atoms with Crippen molar-refractivity contribution in [3.8, 4) is 0 Å². The summed E-state index contributed by atoms with van der Waals surface area (Å²) in [6.45, 7) is 3.41. The van der Waals surface area contributed by atoms with E-state index in [-0.39, 0.29) is 27.4 Å². The van der Waals surface area contributed by atoms with Gasteiger partial charge in [-0.3, -0.25) is 9.59 Å². The van der Waals surface area contributed by atoms with E-state index in [1.54, 1.807) is 0 Å². The molecule has 1 aliphatic rings. The second kappa shape index (κ2) is 9.18. The quantitative estimate of drug-likeness (QED) is 0.707. The van der Waals surface area contributed by atoms with Gasteiger partial charge in [0.1, 0.15) is 0 Å². The molecule has 0 bridgehead atoms. The van der Waals surface area contributed by atoms with Crippen LogP contribution < -0.4 is 10.6 Å². The number of hydrogen-bond donors (Lipinski definition) is 2. The fraction of sp³-hybridized carbons (Fsp3) is 0.364. The van der Waals surface area contributed by atoms with Crippen molar-refractivity contribution in [3.63, 3.8) is 0 Å². The van der Waals surface area contributed by atoms with Gasteiger partial charge >= 0.3 is 0 Å². The minimum Gasteiger partial charge on any atom is -0.349 e. The van der Waals surface area contributed by atoms with Crippen molar-refractivity contribution in [1.29, 1.82) is 0 Å². The monoisotopic (exact) mass is 448 g/mol. The van der Waals surface area contributed by atoms with Crippen LogP contribution in [0.3, 0.4) is 0 Å². The number of nitrogens with one attached hydrogen (secondary N) is 2. The molecule has 2 atom stereocenters. The van der Waals surface area contributed by atoms with Gasteiger partial charge in [-0.2, -0.15) is 0 Å². The van der Waals surface area contributed by atoms with Gasteiger partial charge in [-0.05, 0) is 61.2 Å². The van der Waals surface area contributed by atoms with Crippen molar-refractivity contribution in [3.05, 3.63) is 53.1 Å². The third-order valence-corrected chi connectivity index (χ3v) is 7.47. The number of halogens is 1. The van der Waals surface area contributed by atoms with E-state index in [1.165, 1.54) is 49.4 Å². The largest absolute Gasteiger partial charge is 0.349 e. The number of carbonyl (C=O) groups is 2. The molecule has 2 aromatic rings. The lowest BCUT2D eigenvalue weighted by atomic mass is 9.86. The zero-order valence-electron chi connectivity index (χ0n) is 16.9. The van der Waals surface area contributed by atoms with Crippen molar-refractivity contribution in [2.45, 2.75) is 55.4 Å². The third-order valence-electron chi connectivity index (χ3n) is 5.39. The Hall–Kier alpha value is -2.38. The van der Waals surface area contributed by atoms with E-state index in [9.17, 15) is 18.0 Å². The lowest BCUT2D eigenvalue weighted by Crippen LogP contribution is -2.41. The number of carbonyl (C=O) groups excluding carboxylic acids is 2. The predicted octanol–water partition coefficient (Wildman–Crippen LogP) is 4.44. The van der Waals surface area contributed by atoms with Crippen LogP contribution >= 0.6 is 11.6 Å². The zero-order chi connectivity index (χ0) is 21.9. The summed E-state index contributed by atoms with van der Waals surface area (Å²) in [6, 6.07) is 10.1. The molecule has 8 heteroatoms. The van der Waals surface area contributed by atoms with Crippen LogP contribution in [0.4, 0.5) is 5.69 Å². The number of rotatable bonds is 5. The molecule has 1 aliphatic carbocycles. The highest BCUT2D eigenvalue weighted by molar-refractivity contribution is 7.91. The van der Waals surface area contributed by atoms with E-state index in [2.05, 4.69) is 17.6 Å². The molecule has 0 saturated heterocycles. The number of sulfone groups is 1. The summed E-state index contributed by atoms with van der Waals surface area (Å²) >= 11 is 5.86. The summed E-state index contributed by atoms with van der Waals surface area (Å²) in [7, 11) is -3.92. The highest BCUT2D eigenvalue weighted by atomic mass is 35.5. The first-order valence-electron chi connectivity index (χ1n) is 9.91. The molecule has 160 valence electrons. The summed E-state index contributed by atoms with van der Waals surface area (Å²) in [5, 5.41) is 6.01. The van der Waals surface area contributed by atoms with Crippen LogP contribution in [0.5, 0.6) is 0 Å². The lowest BCUT2D eigenvalue weighted by molar-refractivity contribution is -0.114. The van der Waals surface area contributed by atoms with Crippen molar-refractivity contribution in [2.75, 3.05) is 5.32 Å². The van der Waals surface area contributed by atoms with Gasteiger partial charge in [-0.15, -0.1) is 0 Å². The molecule has 1 saturated carbocycles. The SMILES string of the molecule is CC(=O)Nc1cc(C(=O)N[C@H]2CCCC[C@@H]2C)ccc1S(=O)(=O)c1ccc(Cl)cc1. The Bertz CT molecular complexity index is 1050. The van der Waals surface area contributed by atoms with Crippen LogP contribution in [0.1, 0.15) is 49.9 Å². The summed E-state index contributed by atoms with van der Waals surface area (Å²) < 4.78 is 26.2. The van der Waals surface area contributed by atoms with Crippen molar-refractivity contribution < 1.29 is 18.0 Å². The summed E-state index contributed by atoms with van der Waals surface area (Å²) in [4.78, 5) is 24.4. The molecule has 0 unspecified atom stereocenters. The highest BCUT2D eigenvalue weighted by Gasteiger charge is 2.26. The predicted molar refractivity (Wildman–Crippen MR) is 117 cm³/mol. The Balaban J connectivity index is 1.94. The second-order valence-corrected chi connectivity index (χ2v) is 10.0. The summed E-state index contributed by atoms with van der Waals surface area (Å²) in [5.41, 5.74) is 0.369. The van der Waals surface area contributed by atoms with E-state index < -0.39 is 15.7 Å². The summed E-state index contributed by atoms with van der Waals surface area (Å²) in [5.74, 6) is -0.320. The van der Waals surface area contributed by atoms with Crippen LogP contribution in [0, 0.1) is 5.92 Å².